The first kappa shape index (κ1) is 12.9. The number of nitrogens with zero attached hydrogens (tertiary/aromatic N) is 1. The topological polar surface area (TPSA) is 52.6 Å². The molecule has 4 nitrogen and oxygen atoms in total. The lowest BCUT2D eigenvalue weighted by Crippen LogP contribution is -2.47. The molecule has 2 rings (SSSR count). The van der Waals surface area contributed by atoms with Crippen LogP contribution in [0.4, 0.5) is 0 Å². The van der Waals surface area contributed by atoms with Gasteiger partial charge in [0.2, 0.25) is 0 Å². The van der Waals surface area contributed by atoms with Gasteiger partial charge in [0.15, 0.2) is 0 Å². The summed E-state index contributed by atoms with van der Waals surface area (Å²) in [6.07, 6.45) is 2.15. The molecular formula is C14H20N2O2. The van der Waals surface area contributed by atoms with Gasteiger partial charge in [0.05, 0.1) is 0 Å². The average molecular weight is 248 g/mol. The van der Waals surface area contributed by atoms with Crippen LogP contribution in [0.25, 0.3) is 0 Å². The Kier molecular flexibility index (Phi) is 4.20. The first-order chi connectivity index (χ1) is 8.70. The van der Waals surface area contributed by atoms with Crippen LogP contribution in [0, 0.1) is 0 Å². The molecule has 1 atom stereocenters. The molecule has 1 aromatic carbocycles. The molecule has 0 radical (unpaired) electrons. The molecule has 1 amide bonds. The highest BCUT2D eigenvalue weighted by Crippen LogP contribution is 2.16. The van der Waals surface area contributed by atoms with E-state index in [1.807, 2.05) is 4.90 Å². The average Bonchev–Trinajstić information content (AvgIpc) is 2.39. The number of piperidine rings is 1. The molecule has 0 bridgehead atoms. The molecule has 98 valence electrons. The van der Waals surface area contributed by atoms with Crippen molar-refractivity contribution in [2.24, 2.45) is 0 Å². The third-order valence-corrected chi connectivity index (χ3v) is 3.29. The predicted molar refractivity (Wildman–Crippen MR) is 70.7 cm³/mol. The van der Waals surface area contributed by atoms with Crippen molar-refractivity contribution in [3.63, 3.8) is 0 Å². The fourth-order valence-electron chi connectivity index (χ4n) is 2.44. The van der Waals surface area contributed by atoms with E-state index in [-0.39, 0.29) is 11.7 Å². The van der Waals surface area contributed by atoms with Crippen molar-refractivity contribution in [3.8, 4) is 5.75 Å². The van der Waals surface area contributed by atoms with E-state index in [2.05, 4.69) is 12.2 Å². The molecule has 1 fully saturated rings. The Morgan fingerprint density at radius 3 is 3.11 bits per heavy atom. The largest absolute Gasteiger partial charge is 0.508 e. The highest BCUT2D eigenvalue weighted by molar-refractivity contribution is 5.94. The van der Waals surface area contributed by atoms with Gasteiger partial charge in [-0.15, -0.1) is 0 Å². The zero-order valence-electron chi connectivity index (χ0n) is 10.7. The van der Waals surface area contributed by atoms with Crippen LogP contribution in [0.15, 0.2) is 24.3 Å². The minimum Gasteiger partial charge on any atom is -0.508 e. The van der Waals surface area contributed by atoms with Gasteiger partial charge in [-0.1, -0.05) is 13.0 Å². The zero-order chi connectivity index (χ0) is 13.0. The normalized spacial score (nSPS) is 19.8. The smallest absolute Gasteiger partial charge is 0.254 e. The Bertz CT molecular complexity index is 418. The molecule has 1 aromatic rings. The predicted octanol–water partition coefficient (Wildman–Crippen LogP) is 1.61. The number of hydrogen-bond acceptors (Lipinski definition) is 3. The van der Waals surface area contributed by atoms with Crippen molar-refractivity contribution in [1.29, 1.82) is 0 Å². The van der Waals surface area contributed by atoms with Gasteiger partial charge in [0.25, 0.3) is 5.91 Å². The molecule has 1 aliphatic heterocycles. The van der Waals surface area contributed by atoms with Gasteiger partial charge in [-0.05, 0) is 37.6 Å². The summed E-state index contributed by atoms with van der Waals surface area (Å²) in [7, 11) is 0. The number of likely N-dealkylation sites (tertiary alicyclic amines) is 1. The second-order valence-corrected chi connectivity index (χ2v) is 4.70. The molecule has 0 aromatic heterocycles. The van der Waals surface area contributed by atoms with Crippen LogP contribution >= 0.6 is 0 Å². The zero-order valence-corrected chi connectivity index (χ0v) is 10.7. The third kappa shape index (κ3) is 3.01. The highest BCUT2D eigenvalue weighted by Gasteiger charge is 2.23. The summed E-state index contributed by atoms with van der Waals surface area (Å²) >= 11 is 0. The lowest BCUT2D eigenvalue weighted by molar-refractivity contribution is 0.0695. The number of rotatable bonds is 3. The van der Waals surface area contributed by atoms with Gasteiger partial charge in [-0.25, -0.2) is 0 Å². The van der Waals surface area contributed by atoms with E-state index in [0.29, 0.717) is 11.6 Å². The summed E-state index contributed by atoms with van der Waals surface area (Å²) in [5, 5.41) is 12.8. The first-order valence-corrected chi connectivity index (χ1v) is 6.52. The molecular weight excluding hydrogens is 228 g/mol. The monoisotopic (exact) mass is 248 g/mol. The third-order valence-electron chi connectivity index (χ3n) is 3.29. The highest BCUT2D eigenvalue weighted by atomic mass is 16.3. The second kappa shape index (κ2) is 5.87. The number of hydrogen-bond donors (Lipinski definition) is 2. The molecule has 1 aliphatic rings. The number of likely N-dealkylation sites (N-methyl/N-ethyl adjacent to an activating group) is 1. The number of phenols is 1. The molecule has 1 unspecified atom stereocenters. The Balaban J connectivity index is 2.04. The van der Waals surface area contributed by atoms with E-state index in [0.717, 1.165) is 32.5 Å². The molecule has 0 aliphatic carbocycles. The number of benzene rings is 1. The van der Waals surface area contributed by atoms with E-state index in [1.165, 1.54) is 6.07 Å². The quantitative estimate of drug-likeness (QED) is 0.854. The van der Waals surface area contributed by atoms with Crippen molar-refractivity contribution >= 4 is 5.91 Å². The first-order valence-electron chi connectivity index (χ1n) is 6.52. The fraction of sp³-hybridized carbons (Fsp3) is 0.500. The van der Waals surface area contributed by atoms with E-state index in [4.69, 9.17) is 0 Å². The maximum absolute atomic E-state index is 12.3. The second-order valence-electron chi connectivity index (χ2n) is 4.70. The van der Waals surface area contributed by atoms with Crippen molar-refractivity contribution < 1.29 is 9.90 Å². The minimum atomic E-state index is 0.00787. The maximum atomic E-state index is 12.3. The minimum absolute atomic E-state index is 0.00787. The maximum Gasteiger partial charge on any atom is 0.254 e. The van der Waals surface area contributed by atoms with Crippen LogP contribution in [0.2, 0.25) is 0 Å². The van der Waals surface area contributed by atoms with Crippen LogP contribution in [0.3, 0.4) is 0 Å². The number of nitrogens with one attached hydrogen (secondary N) is 1. The standard InChI is InChI=1S/C14H20N2O2/c1-2-15-12-6-4-8-16(10-12)14(18)11-5-3-7-13(17)9-11/h3,5,7,9,12,15,17H,2,4,6,8,10H2,1H3. The Morgan fingerprint density at radius 1 is 1.56 bits per heavy atom. The molecule has 4 heteroatoms. The van der Waals surface area contributed by atoms with E-state index < -0.39 is 0 Å². The Labute approximate surface area is 108 Å². The number of amides is 1. The summed E-state index contributed by atoms with van der Waals surface area (Å²) in [5.41, 5.74) is 0.562. The molecule has 18 heavy (non-hydrogen) atoms. The van der Waals surface area contributed by atoms with Crippen molar-refractivity contribution in [2.45, 2.75) is 25.8 Å². The Morgan fingerprint density at radius 2 is 2.39 bits per heavy atom. The van der Waals surface area contributed by atoms with Crippen LogP contribution < -0.4 is 5.32 Å². The summed E-state index contributed by atoms with van der Waals surface area (Å²) in [6.45, 7) is 4.56. The number of aromatic hydroxyl groups is 1. The summed E-state index contributed by atoms with van der Waals surface area (Å²) < 4.78 is 0. The lowest BCUT2D eigenvalue weighted by Gasteiger charge is -2.33. The van der Waals surface area contributed by atoms with Gasteiger partial charge in [-0.3, -0.25) is 4.79 Å². The van der Waals surface area contributed by atoms with Gasteiger partial charge in [-0.2, -0.15) is 0 Å². The number of carbonyl (C=O) groups excluding carboxylic acids is 1. The lowest BCUT2D eigenvalue weighted by atomic mass is 10.0. The van der Waals surface area contributed by atoms with E-state index >= 15 is 0 Å². The summed E-state index contributed by atoms with van der Waals surface area (Å²) in [4.78, 5) is 14.2. The molecule has 1 heterocycles. The fourth-order valence-corrected chi connectivity index (χ4v) is 2.44. The molecule has 0 saturated carbocycles. The van der Waals surface area contributed by atoms with E-state index in [9.17, 15) is 9.90 Å². The molecule has 1 saturated heterocycles. The number of phenolic OH excluding ortho intramolecular Hbond substituents is 1. The van der Waals surface area contributed by atoms with Crippen LogP contribution in [-0.2, 0) is 0 Å². The molecule has 2 N–H and O–H groups in total. The Hall–Kier alpha value is -1.55. The summed E-state index contributed by atoms with van der Waals surface area (Å²) in [5.74, 6) is 0.148. The SMILES string of the molecule is CCNC1CCCN(C(=O)c2cccc(O)c2)C1. The van der Waals surface area contributed by atoms with Gasteiger partial charge < -0.3 is 15.3 Å². The van der Waals surface area contributed by atoms with Crippen LogP contribution in [0.5, 0.6) is 5.75 Å². The summed E-state index contributed by atoms with van der Waals surface area (Å²) in [6, 6.07) is 6.95. The van der Waals surface area contributed by atoms with Crippen molar-refractivity contribution in [2.75, 3.05) is 19.6 Å². The van der Waals surface area contributed by atoms with Gasteiger partial charge in [0, 0.05) is 24.7 Å². The van der Waals surface area contributed by atoms with Crippen molar-refractivity contribution in [1.82, 2.24) is 10.2 Å². The number of carbonyl (C=O) groups is 1. The van der Waals surface area contributed by atoms with Crippen LogP contribution in [0.1, 0.15) is 30.1 Å². The van der Waals surface area contributed by atoms with E-state index in [1.54, 1.807) is 18.2 Å². The van der Waals surface area contributed by atoms with Gasteiger partial charge in [0.1, 0.15) is 5.75 Å². The van der Waals surface area contributed by atoms with Crippen LogP contribution in [-0.4, -0.2) is 41.6 Å². The molecule has 0 spiro atoms. The van der Waals surface area contributed by atoms with Gasteiger partial charge >= 0.3 is 0 Å². The van der Waals surface area contributed by atoms with Crippen molar-refractivity contribution in [3.05, 3.63) is 29.8 Å².